The number of benzene rings is 1. The molecule has 0 N–H and O–H groups in total. The molecule has 0 unspecified atom stereocenters. The maximum atomic E-state index is 12.0. The zero-order valence-electron chi connectivity index (χ0n) is 9.64. The Morgan fingerprint density at radius 2 is 2.18 bits per heavy atom. The van der Waals surface area contributed by atoms with E-state index in [0.717, 1.165) is 0 Å². The number of rotatable bonds is 4. The average molecular weight is 257 g/mol. The van der Waals surface area contributed by atoms with Gasteiger partial charge in [-0.05, 0) is 13.0 Å². The summed E-state index contributed by atoms with van der Waals surface area (Å²) in [7, 11) is 1.57. The molecule has 6 heteroatoms. The van der Waals surface area contributed by atoms with Gasteiger partial charge in [-0.2, -0.15) is 0 Å². The molecule has 0 aromatic heterocycles. The fraction of sp³-hybridized carbons (Fsp3) is 0.364. The van der Waals surface area contributed by atoms with Crippen molar-refractivity contribution in [2.45, 2.75) is 6.92 Å². The standard InChI is InChI=1S/C11H13ClN2O3/c1-8-4-3-5-9(10(8)14(16)17)11(15)13(2)7-6-12/h3-5H,6-7H2,1-2H3. The van der Waals surface area contributed by atoms with Crippen LogP contribution in [0.1, 0.15) is 15.9 Å². The Balaban J connectivity index is 3.18. The normalized spacial score (nSPS) is 10.1. The van der Waals surface area contributed by atoms with Crippen LogP contribution in [0.2, 0.25) is 0 Å². The highest BCUT2D eigenvalue weighted by Crippen LogP contribution is 2.24. The molecule has 1 aromatic carbocycles. The van der Waals surface area contributed by atoms with Crippen molar-refractivity contribution in [3.8, 4) is 0 Å². The van der Waals surface area contributed by atoms with Crippen LogP contribution >= 0.6 is 11.6 Å². The molecule has 0 spiro atoms. The molecule has 0 aliphatic heterocycles. The molecular weight excluding hydrogens is 244 g/mol. The van der Waals surface area contributed by atoms with Crippen LogP contribution in [-0.2, 0) is 0 Å². The first kappa shape index (κ1) is 13.4. The van der Waals surface area contributed by atoms with E-state index in [1.807, 2.05) is 0 Å². The molecule has 1 rings (SSSR count). The van der Waals surface area contributed by atoms with Crippen LogP contribution in [-0.4, -0.2) is 35.2 Å². The van der Waals surface area contributed by atoms with E-state index in [-0.39, 0.29) is 17.2 Å². The summed E-state index contributed by atoms with van der Waals surface area (Å²) in [5, 5.41) is 10.9. The molecule has 0 aliphatic carbocycles. The van der Waals surface area contributed by atoms with Gasteiger partial charge in [0.1, 0.15) is 5.56 Å². The maximum Gasteiger partial charge on any atom is 0.285 e. The van der Waals surface area contributed by atoms with Crippen LogP contribution in [0.5, 0.6) is 0 Å². The number of nitrogens with zero attached hydrogens (tertiary/aromatic N) is 2. The van der Waals surface area contributed by atoms with Crippen LogP contribution in [0, 0.1) is 17.0 Å². The zero-order chi connectivity index (χ0) is 13.0. The van der Waals surface area contributed by atoms with Crippen molar-refractivity contribution in [1.82, 2.24) is 4.90 Å². The number of aryl methyl sites for hydroxylation is 1. The largest absolute Gasteiger partial charge is 0.340 e. The van der Waals surface area contributed by atoms with E-state index in [1.54, 1.807) is 26.1 Å². The van der Waals surface area contributed by atoms with E-state index in [2.05, 4.69) is 0 Å². The number of halogens is 1. The molecule has 0 bridgehead atoms. The van der Waals surface area contributed by atoms with Gasteiger partial charge in [-0.1, -0.05) is 12.1 Å². The van der Waals surface area contributed by atoms with Gasteiger partial charge < -0.3 is 4.90 Å². The zero-order valence-corrected chi connectivity index (χ0v) is 10.4. The lowest BCUT2D eigenvalue weighted by Crippen LogP contribution is -2.29. The number of carbonyl (C=O) groups is 1. The second kappa shape index (κ2) is 5.63. The summed E-state index contributed by atoms with van der Waals surface area (Å²) in [6.07, 6.45) is 0. The lowest BCUT2D eigenvalue weighted by molar-refractivity contribution is -0.385. The maximum absolute atomic E-state index is 12.0. The van der Waals surface area contributed by atoms with E-state index >= 15 is 0 Å². The Bertz CT molecular complexity index is 448. The van der Waals surface area contributed by atoms with E-state index in [0.29, 0.717) is 18.0 Å². The highest BCUT2D eigenvalue weighted by molar-refractivity contribution is 6.18. The minimum Gasteiger partial charge on any atom is -0.340 e. The summed E-state index contributed by atoms with van der Waals surface area (Å²) in [5.74, 6) is -0.0944. The summed E-state index contributed by atoms with van der Waals surface area (Å²) in [4.78, 5) is 23.8. The summed E-state index contributed by atoms with van der Waals surface area (Å²) in [6, 6.07) is 4.69. The Morgan fingerprint density at radius 1 is 1.53 bits per heavy atom. The molecule has 0 heterocycles. The smallest absolute Gasteiger partial charge is 0.285 e. The molecule has 1 amide bonds. The number of carbonyl (C=O) groups excluding carboxylic acids is 1. The van der Waals surface area contributed by atoms with Gasteiger partial charge in [0, 0.05) is 25.0 Å². The van der Waals surface area contributed by atoms with Crippen molar-refractivity contribution < 1.29 is 9.72 Å². The fourth-order valence-corrected chi connectivity index (χ4v) is 1.76. The number of alkyl halides is 1. The van der Waals surface area contributed by atoms with Gasteiger partial charge in [0.2, 0.25) is 0 Å². The molecule has 0 atom stereocenters. The van der Waals surface area contributed by atoms with Crippen molar-refractivity contribution in [3.05, 3.63) is 39.4 Å². The first-order valence-electron chi connectivity index (χ1n) is 5.04. The summed E-state index contributed by atoms with van der Waals surface area (Å²) < 4.78 is 0. The SMILES string of the molecule is Cc1cccc(C(=O)N(C)CCCl)c1[N+](=O)[O-]. The Hall–Kier alpha value is -1.62. The predicted octanol–water partition coefficient (Wildman–Crippen LogP) is 2.21. The second-order valence-electron chi connectivity index (χ2n) is 3.64. The van der Waals surface area contributed by atoms with Gasteiger partial charge in [-0.15, -0.1) is 11.6 Å². The van der Waals surface area contributed by atoms with Gasteiger partial charge >= 0.3 is 0 Å². The van der Waals surface area contributed by atoms with Crippen molar-refractivity contribution >= 4 is 23.2 Å². The van der Waals surface area contributed by atoms with Crippen LogP contribution in [0.4, 0.5) is 5.69 Å². The minimum atomic E-state index is -0.531. The Kier molecular flexibility index (Phi) is 4.45. The van der Waals surface area contributed by atoms with Gasteiger partial charge in [0.15, 0.2) is 0 Å². The third-order valence-electron chi connectivity index (χ3n) is 2.42. The van der Waals surface area contributed by atoms with Crippen LogP contribution in [0.15, 0.2) is 18.2 Å². The number of nitro groups is 1. The van der Waals surface area contributed by atoms with Gasteiger partial charge in [-0.25, -0.2) is 0 Å². The van der Waals surface area contributed by atoms with Crippen molar-refractivity contribution in [2.75, 3.05) is 19.5 Å². The van der Waals surface area contributed by atoms with Gasteiger partial charge in [0.05, 0.1) is 4.92 Å². The predicted molar refractivity (Wildman–Crippen MR) is 65.5 cm³/mol. The topological polar surface area (TPSA) is 63.5 Å². The number of nitro benzene ring substituents is 1. The number of hydrogen-bond donors (Lipinski definition) is 0. The van der Waals surface area contributed by atoms with Crippen LogP contribution in [0.25, 0.3) is 0 Å². The van der Waals surface area contributed by atoms with E-state index in [9.17, 15) is 14.9 Å². The molecule has 0 aliphatic rings. The average Bonchev–Trinajstić information content (AvgIpc) is 2.27. The molecule has 0 fully saturated rings. The van der Waals surface area contributed by atoms with Crippen molar-refractivity contribution in [3.63, 3.8) is 0 Å². The second-order valence-corrected chi connectivity index (χ2v) is 4.02. The summed E-state index contributed by atoms with van der Waals surface area (Å²) in [6.45, 7) is 1.96. The van der Waals surface area contributed by atoms with Crippen LogP contribution in [0.3, 0.4) is 0 Å². The molecule has 17 heavy (non-hydrogen) atoms. The molecule has 0 radical (unpaired) electrons. The lowest BCUT2D eigenvalue weighted by atomic mass is 10.1. The number of amides is 1. The van der Waals surface area contributed by atoms with Crippen molar-refractivity contribution in [2.24, 2.45) is 0 Å². The quantitative estimate of drug-likeness (QED) is 0.471. The van der Waals surface area contributed by atoms with Crippen LogP contribution < -0.4 is 0 Å². The summed E-state index contributed by atoms with van der Waals surface area (Å²) in [5.41, 5.74) is 0.432. The number of hydrogen-bond acceptors (Lipinski definition) is 3. The molecule has 0 saturated carbocycles. The van der Waals surface area contributed by atoms with Gasteiger partial charge in [0.25, 0.3) is 11.6 Å². The Labute approximate surface area is 104 Å². The third-order valence-corrected chi connectivity index (χ3v) is 2.59. The molecular formula is C11H13ClN2O3. The molecule has 92 valence electrons. The minimum absolute atomic E-state index is 0.0996. The lowest BCUT2D eigenvalue weighted by Gasteiger charge is -2.15. The number of para-hydroxylation sites is 1. The highest BCUT2D eigenvalue weighted by Gasteiger charge is 2.24. The summed E-state index contributed by atoms with van der Waals surface area (Å²) >= 11 is 5.53. The van der Waals surface area contributed by atoms with E-state index in [1.165, 1.54) is 11.0 Å². The molecule has 1 aromatic rings. The highest BCUT2D eigenvalue weighted by atomic mass is 35.5. The third kappa shape index (κ3) is 2.94. The van der Waals surface area contributed by atoms with E-state index < -0.39 is 4.92 Å². The van der Waals surface area contributed by atoms with Crippen molar-refractivity contribution in [1.29, 1.82) is 0 Å². The fourth-order valence-electron chi connectivity index (χ4n) is 1.51. The Morgan fingerprint density at radius 3 is 2.71 bits per heavy atom. The van der Waals surface area contributed by atoms with Gasteiger partial charge in [-0.3, -0.25) is 14.9 Å². The molecule has 0 saturated heterocycles. The van der Waals surface area contributed by atoms with E-state index in [4.69, 9.17) is 11.6 Å². The first-order chi connectivity index (χ1) is 7.99. The monoisotopic (exact) mass is 256 g/mol. The first-order valence-corrected chi connectivity index (χ1v) is 5.58. The molecule has 5 nitrogen and oxygen atoms in total.